The fourth-order valence-corrected chi connectivity index (χ4v) is 2.89. The third-order valence-corrected chi connectivity index (χ3v) is 3.94. The molecule has 3 rings (SSSR count). The van der Waals surface area contributed by atoms with Gasteiger partial charge < -0.3 is 4.74 Å². The van der Waals surface area contributed by atoms with Gasteiger partial charge in [0.05, 0.1) is 17.8 Å². The van der Waals surface area contributed by atoms with Crippen molar-refractivity contribution in [3.05, 3.63) is 59.1 Å². The summed E-state index contributed by atoms with van der Waals surface area (Å²) in [5, 5.41) is 8.57. The molecule has 0 saturated carbocycles. The number of benzene rings is 3. The van der Waals surface area contributed by atoms with Crippen molar-refractivity contribution in [1.29, 1.82) is 0 Å². The van der Waals surface area contributed by atoms with Gasteiger partial charge in [-0.05, 0) is 17.7 Å². The lowest BCUT2D eigenvalue weighted by Crippen LogP contribution is -2.18. The summed E-state index contributed by atoms with van der Waals surface area (Å²) >= 11 is 6.54. The van der Waals surface area contributed by atoms with Crippen LogP contribution in [0.4, 0.5) is 4.79 Å². The minimum absolute atomic E-state index is 0.300. The minimum Gasteiger partial charge on any atom is -0.449 e. The zero-order chi connectivity index (χ0) is 16.2. The largest absolute Gasteiger partial charge is 0.449 e. The Morgan fingerprint density at radius 1 is 1.09 bits per heavy atom. The van der Waals surface area contributed by atoms with Gasteiger partial charge in [-0.1, -0.05) is 60.1 Å². The van der Waals surface area contributed by atoms with Gasteiger partial charge in [0, 0.05) is 16.3 Å². The maximum absolute atomic E-state index is 11.3. The summed E-state index contributed by atoms with van der Waals surface area (Å²) in [6.07, 6.45) is 1.05. The van der Waals surface area contributed by atoms with E-state index in [1.807, 2.05) is 48.5 Å². The molecule has 0 aliphatic carbocycles. The highest BCUT2D eigenvalue weighted by Gasteiger charge is 2.10. The summed E-state index contributed by atoms with van der Waals surface area (Å²) in [4.78, 5) is 11.3. The number of amides is 1. The van der Waals surface area contributed by atoms with Gasteiger partial charge in [0.1, 0.15) is 0 Å². The maximum atomic E-state index is 11.3. The van der Waals surface area contributed by atoms with Crippen LogP contribution in [0.25, 0.3) is 21.5 Å². The summed E-state index contributed by atoms with van der Waals surface area (Å²) in [6, 6.07) is 15.7. The number of nitrogens with one attached hydrogen (secondary N) is 1. The molecule has 0 fully saturated rings. The number of carbonyl (C=O) groups excluding carboxylic acids is 1. The zero-order valence-corrected chi connectivity index (χ0v) is 13.3. The van der Waals surface area contributed by atoms with Crippen molar-refractivity contribution < 1.29 is 9.53 Å². The number of carbonyl (C=O) groups is 1. The van der Waals surface area contributed by atoms with Gasteiger partial charge in [-0.3, -0.25) is 0 Å². The van der Waals surface area contributed by atoms with Crippen molar-refractivity contribution in [3.8, 4) is 0 Å². The highest BCUT2D eigenvalue weighted by Crippen LogP contribution is 2.35. The average Bonchev–Trinajstić information content (AvgIpc) is 2.58. The summed E-state index contributed by atoms with van der Waals surface area (Å²) in [6.45, 7) is 2.04. The van der Waals surface area contributed by atoms with E-state index in [2.05, 4.69) is 10.5 Å². The molecular weight excluding hydrogens is 312 g/mol. The van der Waals surface area contributed by atoms with Crippen molar-refractivity contribution in [2.45, 2.75) is 6.92 Å². The molecule has 0 aromatic heterocycles. The molecule has 1 N–H and O–H groups in total. The quantitative estimate of drug-likeness (QED) is 0.430. The van der Waals surface area contributed by atoms with Crippen LogP contribution < -0.4 is 5.43 Å². The van der Waals surface area contributed by atoms with Gasteiger partial charge in [-0.2, -0.15) is 5.10 Å². The van der Waals surface area contributed by atoms with E-state index in [0.29, 0.717) is 11.6 Å². The van der Waals surface area contributed by atoms with Gasteiger partial charge in [0.15, 0.2) is 0 Å². The molecule has 0 heterocycles. The third-order valence-electron chi connectivity index (χ3n) is 3.53. The monoisotopic (exact) mass is 326 g/mol. The predicted octanol–water partition coefficient (Wildman–Crippen LogP) is 4.73. The average molecular weight is 327 g/mol. The first-order valence-corrected chi connectivity index (χ1v) is 7.65. The number of rotatable bonds is 3. The molecule has 0 atom stereocenters. The molecular formula is C18H15ClN2O2. The highest BCUT2D eigenvalue weighted by molar-refractivity contribution is 6.42. The molecule has 5 heteroatoms. The molecule has 3 aromatic rings. The Labute approximate surface area is 138 Å². The summed E-state index contributed by atoms with van der Waals surface area (Å²) in [7, 11) is 0. The number of halogens is 1. The van der Waals surface area contributed by atoms with Gasteiger partial charge in [-0.25, -0.2) is 10.2 Å². The van der Waals surface area contributed by atoms with Crippen molar-refractivity contribution in [1.82, 2.24) is 5.43 Å². The molecule has 4 nitrogen and oxygen atoms in total. The lowest BCUT2D eigenvalue weighted by atomic mass is 9.97. The molecule has 0 aliphatic rings. The molecule has 3 aromatic carbocycles. The molecule has 0 saturated heterocycles. The molecule has 0 aliphatic heterocycles. The van der Waals surface area contributed by atoms with Crippen LogP contribution >= 0.6 is 11.6 Å². The topological polar surface area (TPSA) is 50.7 Å². The molecule has 1 amide bonds. The molecule has 0 bridgehead atoms. The van der Waals surface area contributed by atoms with Crippen molar-refractivity contribution in [3.63, 3.8) is 0 Å². The van der Waals surface area contributed by atoms with E-state index >= 15 is 0 Å². The summed E-state index contributed by atoms with van der Waals surface area (Å²) in [5.41, 5.74) is 3.25. The van der Waals surface area contributed by atoms with Crippen LogP contribution in [-0.2, 0) is 4.74 Å². The van der Waals surface area contributed by atoms with Gasteiger partial charge in [0.25, 0.3) is 0 Å². The predicted molar refractivity (Wildman–Crippen MR) is 94.2 cm³/mol. The van der Waals surface area contributed by atoms with E-state index < -0.39 is 6.09 Å². The number of nitrogens with zero attached hydrogens (tertiary/aromatic N) is 1. The van der Waals surface area contributed by atoms with E-state index in [1.165, 1.54) is 0 Å². The first kappa shape index (κ1) is 15.3. The first-order chi connectivity index (χ1) is 11.2. The number of hydrazone groups is 1. The van der Waals surface area contributed by atoms with Crippen LogP contribution in [0.1, 0.15) is 12.5 Å². The van der Waals surface area contributed by atoms with E-state index in [9.17, 15) is 4.79 Å². The van der Waals surface area contributed by atoms with Crippen LogP contribution in [0.15, 0.2) is 53.6 Å². The van der Waals surface area contributed by atoms with E-state index in [0.717, 1.165) is 27.1 Å². The van der Waals surface area contributed by atoms with E-state index in [4.69, 9.17) is 16.3 Å². The summed E-state index contributed by atoms with van der Waals surface area (Å²) < 4.78 is 4.79. The van der Waals surface area contributed by atoms with Crippen LogP contribution in [0.5, 0.6) is 0 Å². The lowest BCUT2D eigenvalue weighted by Gasteiger charge is -2.10. The van der Waals surface area contributed by atoms with Crippen LogP contribution in [0, 0.1) is 0 Å². The molecule has 116 valence electrons. The van der Waals surface area contributed by atoms with E-state index in [1.54, 1.807) is 13.1 Å². The number of fused-ring (bicyclic) bond motifs is 2. The lowest BCUT2D eigenvalue weighted by molar-refractivity contribution is 0.152. The molecule has 0 radical (unpaired) electrons. The minimum atomic E-state index is -0.577. The highest BCUT2D eigenvalue weighted by atomic mass is 35.5. The van der Waals surface area contributed by atoms with Gasteiger partial charge >= 0.3 is 6.09 Å². The number of hydrogen-bond donors (Lipinski definition) is 1. The first-order valence-electron chi connectivity index (χ1n) is 7.27. The second-order valence-electron chi connectivity index (χ2n) is 4.91. The molecule has 0 unspecified atom stereocenters. The number of hydrogen-bond acceptors (Lipinski definition) is 3. The Morgan fingerprint density at radius 2 is 1.61 bits per heavy atom. The van der Waals surface area contributed by atoms with Crippen LogP contribution in [-0.4, -0.2) is 18.9 Å². The second kappa shape index (κ2) is 6.67. The van der Waals surface area contributed by atoms with Crippen molar-refractivity contribution >= 4 is 45.5 Å². The fourth-order valence-electron chi connectivity index (χ4n) is 2.56. The van der Waals surface area contributed by atoms with Crippen LogP contribution in [0.2, 0.25) is 5.02 Å². The Morgan fingerprint density at radius 3 is 2.13 bits per heavy atom. The maximum Gasteiger partial charge on any atom is 0.427 e. The van der Waals surface area contributed by atoms with Crippen molar-refractivity contribution in [2.75, 3.05) is 6.61 Å². The second-order valence-corrected chi connectivity index (χ2v) is 5.29. The van der Waals surface area contributed by atoms with Gasteiger partial charge in [0.2, 0.25) is 0 Å². The smallest absolute Gasteiger partial charge is 0.427 e. The SMILES string of the molecule is CCOC(=O)N/N=C/c1c2ccccc2c(Cl)c2ccccc12. The normalized spacial score (nSPS) is 11.2. The fraction of sp³-hybridized carbons (Fsp3) is 0.111. The van der Waals surface area contributed by atoms with Crippen molar-refractivity contribution in [2.24, 2.45) is 5.10 Å². The zero-order valence-electron chi connectivity index (χ0n) is 12.5. The third kappa shape index (κ3) is 2.98. The molecule has 0 spiro atoms. The number of ether oxygens (including phenoxy) is 1. The molecule has 23 heavy (non-hydrogen) atoms. The summed E-state index contributed by atoms with van der Waals surface area (Å²) in [5.74, 6) is 0. The van der Waals surface area contributed by atoms with Gasteiger partial charge in [-0.15, -0.1) is 0 Å². The van der Waals surface area contributed by atoms with E-state index in [-0.39, 0.29) is 0 Å². The Hall–Kier alpha value is -2.59. The van der Waals surface area contributed by atoms with Crippen LogP contribution in [0.3, 0.4) is 0 Å². The Bertz CT molecular complexity index is 849. The standard InChI is InChI=1S/C18H15ClN2O2/c1-2-23-18(22)21-20-11-16-12-7-3-5-9-14(12)17(19)15-10-6-4-8-13(15)16/h3-11H,2H2,1H3,(H,21,22)/b20-11+. The Kier molecular flexibility index (Phi) is 4.44. The Balaban J connectivity index is 2.15.